The molecule has 0 saturated carbocycles. The first kappa shape index (κ1) is 51.0. The van der Waals surface area contributed by atoms with Crippen LogP contribution in [-0.4, -0.2) is 187 Å². The van der Waals surface area contributed by atoms with Crippen molar-refractivity contribution in [1.29, 1.82) is 0 Å². The van der Waals surface area contributed by atoms with Crippen LogP contribution in [0.25, 0.3) is 0 Å². The molecule has 0 aromatic rings. The SMILES string of the molecule is CSCC[C@H](NC(=O)[C@@H](N)CCC(=O)O)C(=O)N[C@H](C(=O)N1C[C@H](O)C[C@H]1C(=O)N[C@H](C(=O)N[C@@H](CC(N)=O)C(=O)N1C[C@H](O)C[C@H]1C(=O)NCC(=O)O)C(C)C)[C@@H](C)O. The lowest BCUT2D eigenvalue weighted by Crippen LogP contribution is -2.62. The molecule has 2 heterocycles. The van der Waals surface area contributed by atoms with Crippen molar-refractivity contribution in [2.45, 2.75) is 120 Å². The molecule has 0 bridgehead atoms. The Kier molecular flexibility index (Phi) is 20.1. The Hall–Kier alpha value is -5.11. The van der Waals surface area contributed by atoms with E-state index in [0.29, 0.717) is 5.75 Å². The van der Waals surface area contributed by atoms with E-state index in [1.54, 1.807) is 6.26 Å². The molecule has 2 fully saturated rings. The summed E-state index contributed by atoms with van der Waals surface area (Å²) < 4.78 is 0. The minimum absolute atomic E-state index is 0.0474. The molecule has 2 aliphatic rings. The Labute approximate surface area is 349 Å². The molecule has 24 nitrogen and oxygen atoms in total. The van der Waals surface area contributed by atoms with E-state index in [1.807, 2.05) is 0 Å². The fourth-order valence-corrected chi connectivity index (χ4v) is 7.03. The standard InChI is InChI=1S/C35H57N9O15S/c1-15(2)27(33(57)40-21(11-24(37)48)34(58)43-13-17(46)9-22(43)31(55)38-12-26(51)52)41-32(56)23-10-18(47)14-44(23)35(59)28(16(3)45)42-30(54)20(7-8-60-4)39-29(53)19(36)5-6-25(49)50/h15-23,27-28,45-47H,5-14,36H2,1-4H3,(H2,37,48)(H,38,55)(H,39,53)(H,40,57)(H,41,56)(H,42,54)(H,49,50)(H,51,52)/t16-,17-,18-,19+,20+,21+,22+,23+,27+,28+/m1/s1. The third kappa shape index (κ3) is 15.2. The van der Waals surface area contributed by atoms with Crippen molar-refractivity contribution in [3.05, 3.63) is 0 Å². The molecule has 338 valence electrons. The fraction of sp³-hybridized carbons (Fsp3) is 0.714. The molecule has 2 saturated heterocycles. The van der Waals surface area contributed by atoms with Crippen LogP contribution in [-0.2, 0) is 47.9 Å². The molecule has 60 heavy (non-hydrogen) atoms. The maximum absolute atomic E-state index is 13.9. The lowest BCUT2D eigenvalue weighted by atomic mass is 10.0. The van der Waals surface area contributed by atoms with Gasteiger partial charge < -0.3 is 73.4 Å². The van der Waals surface area contributed by atoms with E-state index in [0.717, 1.165) is 9.80 Å². The van der Waals surface area contributed by atoms with Gasteiger partial charge in [-0.3, -0.25) is 47.9 Å². The van der Waals surface area contributed by atoms with Crippen molar-refractivity contribution >= 4 is 71.0 Å². The Bertz CT molecular complexity index is 1620. The number of aliphatic hydroxyl groups is 3. The molecule has 0 spiro atoms. The lowest BCUT2D eigenvalue weighted by Gasteiger charge is -2.32. The van der Waals surface area contributed by atoms with Crippen molar-refractivity contribution in [1.82, 2.24) is 36.4 Å². The smallest absolute Gasteiger partial charge is 0.322 e. The van der Waals surface area contributed by atoms with Crippen molar-refractivity contribution in [2.75, 3.05) is 31.6 Å². The highest BCUT2D eigenvalue weighted by Crippen LogP contribution is 2.23. The molecular formula is C35H57N9O15S. The molecule has 8 amide bonds. The molecule has 0 radical (unpaired) electrons. The van der Waals surface area contributed by atoms with Crippen LogP contribution in [0.5, 0.6) is 0 Å². The zero-order chi connectivity index (χ0) is 45.6. The van der Waals surface area contributed by atoms with E-state index in [-0.39, 0.29) is 25.7 Å². The summed E-state index contributed by atoms with van der Waals surface area (Å²) in [6.07, 6.45) is -4.29. The Morgan fingerprint density at radius 1 is 0.717 bits per heavy atom. The van der Waals surface area contributed by atoms with E-state index in [9.17, 15) is 63.3 Å². The first-order chi connectivity index (χ1) is 28.0. The Morgan fingerprint density at radius 3 is 1.77 bits per heavy atom. The third-order valence-electron chi connectivity index (χ3n) is 9.71. The summed E-state index contributed by atoms with van der Waals surface area (Å²) in [5, 5.41) is 61.1. The van der Waals surface area contributed by atoms with Gasteiger partial charge in [-0.05, 0) is 37.7 Å². The number of rotatable bonds is 23. The highest BCUT2D eigenvalue weighted by atomic mass is 32.2. The number of carbonyl (C=O) groups excluding carboxylic acids is 8. The summed E-state index contributed by atoms with van der Waals surface area (Å²) >= 11 is 1.33. The molecule has 25 heteroatoms. The van der Waals surface area contributed by atoms with Crippen molar-refractivity contribution in [3.63, 3.8) is 0 Å². The van der Waals surface area contributed by atoms with Gasteiger partial charge in [0.15, 0.2) is 0 Å². The van der Waals surface area contributed by atoms with E-state index in [2.05, 4.69) is 26.6 Å². The number of aliphatic hydroxyl groups excluding tert-OH is 3. The number of likely N-dealkylation sites (tertiary alicyclic amines) is 2. The van der Waals surface area contributed by atoms with Crippen LogP contribution in [0.4, 0.5) is 0 Å². The average Bonchev–Trinajstić information content (AvgIpc) is 3.76. The molecule has 0 aromatic heterocycles. The molecule has 0 aliphatic carbocycles. The van der Waals surface area contributed by atoms with Crippen LogP contribution in [0.1, 0.15) is 59.3 Å². The number of carboxylic acid groups (broad SMARTS) is 2. The van der Waals surface area contributed by atoms with Gasteiger partial charge in [0.05, 0.1) is 30.8 Å². The summed E-state index contributed by atoms with van der Waals surface area (Å²) in [6, 6.07) is -10.2. The number of primary amides is 1. The predicted octanol–water partition coefficient (Wildman–Crippen LogP) is -6.09. The number of thioether (sulfide) groups is 1. The van der Waals surface area contributed by atoms with Crippen molar-refractivity contribution < 1.29 is 73.5 Å². The summed E-state index contributed by atoms with van der Waals surface area (Å²) in [5.41, 5.74) is 11.2. The van der Waals surface area contributed by atoms with Crippen LogP contribution in [0.15, 0.2) is 0 Å². The lowest BCUT2D eigenvalue weighted by molar-refractivity contribution is -0.145. The van der Waals surface area contributed by atoms with Crippen LogP contribution in [0, 0.1) is 5.92 Å². The second kappa shape index (κ2) is 23.6. The first-order valence-corrected chi connectivity index (χ1v) is 20.5. The molecular weight excluding hydrogens is 818 g/mol. The van der Waals surface area contributed by atoms with Crippen LogP contribution < -0.4 is 38.1 Å². The minimum Gasteiger partial charge on any atom is -0.481 e. The van der Waals surface area contributed by atoms with Gasteiger partial charge >= 0.3 is 11.9 Å². The number of carbonyl (C=O) groups is 10. The molecule has 2 aliphatic heterocycles. The zero-order valence-corrected chi connectivity index (χ0v) is 34.5. The summed E-state index contributed by atoms with van der Waals surface area (Å²) in [6.45, 7) is 2.59. The molecule has 0 unspecified atom stereocenters. The number of nitrogens with two attached hydrogens (primary N) is 2. The van der Waals surface area contributed by atoms with Gasteiger partial charge in [-0.1, -0.05) is 13.8 Å². The van der Waals surface area contributed by atoms with Gasteiger partial charge in [-0.2, -0.15) is 11.8 Å². The number of hydrogen-bond acceptors (Lipinski definition) is 15. The summed E-state index contributed by atoms with van der Waals surface area (Å²) in [5.74, 6) is -10.6. The maximum Gasteiger partial charge on any atom is 0.322 e. The van der Waals surface area contributed by atoms with E-state index in [1.165, 1.54) is 32.5 Å². The molecule has 0 aromatic carbocycles. The summed E-state index contributed by atoms with van der Waals surface area (Å²) in [4.78, 5) is 130. The minimum atomic E-state index is -1.71. The van der Waals surface area contributed by atoms with E-state index in [4.69, 9.17) is 21.7 Å². The van der Waals surface area contributed by atoms with Gasteiger partial charge in [0.1, 0.15) is 42.8 Å². The number of amides is 8. The largest absolute Gasteiger partial charge is 0.481 e. The number of hydrogen-bond donors (Lipinski definition) is 12. The number of aliphatic carboxylic acids is 2. The van der Waals surface area contributed by atoms with Gasteiger partial charge in [-0.15, -0.1) is 0 Å². The highest BCUT2D eigenvalue weighted by molar-refractivity contribution is 7.98. The Morgan fingerprint density at radius 2 is 1.27 bits per heavy atom. The van der Waals surface area contributed by atoms with E-state index < -0.39 is 158 Å². The average molecular weight is 876 g/mol. The number of nitrogens with zero attached hydrogens (tertiary/aromatic N) is 2. The maximum atomic E-state index is 13.9. The second-order valence-electron chi connectivity index (χ2n) is 15.0. The van der Waals surface area contributed by atoms with Crippen molar-refractivity contribution in [3.8, 4) is 0 Å². The number of nitrogens with one attached hydrogen (secondary N) is 5. The predicted molar refractivity (Wildman–Crippen MR) is 209 cm³/mol. The van der Waals surface area contributed by atoms with Gasteiger partial charge in [0, 0.05) is 32.4 Å². The number of carboxylic acids is 2. The third-order valence-corrected chi connectivity index (χ3v) is 10.3. The monoisotopic (exact) mass is 875 g/mol. The normalized spacial score (nSPS) is 21.8. The number of β-amino-alcohol motifs (C(OH)–C–C–N with tert-alkyl or cyclic N) is 2. The second-order valence-corrected chi connectivity index (χ2v) is 16.0. The fourth-order valence-electron chi connectivity index (χ4n) is 6.55. The quantitative estimate of drug-likeness (QED) is 0.0454. The van der Waals surface area contributed by atoms with Crippen LogP contribution >= 0.6 is 11.8 Å². The Balaban J connectivity index is 2.28. The van der Waals surface area contributed by atoms with Gasteiger partial charge in [0.25, 0.3) is 0 Å². The van der Waals surface area contributed by atoms with Crippen LogP contribution in [0.2, 0.25) is 0 Å². The van der Waals surface area contributed by atoms with Gasteiger partial charge in [0.2, 0.25) is 47.3 Å². The zero-order valence-electron chi connectivity index (χ0n) is 33.7. The summed E-state index contributed by atoms with van der Waals surface area (Å²) in [7, 11) is 0. The topological polar surface area (TPSA) is 391 Å². The van der Waals surface area contributed by atoms with Gasteiger partial charge in [-0.25, -0.2) is 0 Å². The molecule has 2 rings (SSSR count). The molecule has 10 atom stereocenters. The van der Waals surface area contributed by atoms with Crippen LogP contribution in [0.3, 0.4) is 0 Å². The molecule has 14 N–H and O–H groups in total. The highest BCUT2D eigenvalue weighted by Gasteiger charge is 2.45. The van der Waals surface area contributed by atoms with Crippen molar-refractivity contribution in [2.24, 2.45) is 17.4 Å². The van der Waals surface area contributed by atoms with E-state index >= 15 is 0 Å². The first-order valence-electron chi connectivity index (χ1n) is 19.1.